The van der Waals surface area contributed by atoms with E-state index in [2.05, 4.69) is 18.3 Å². The number of benzene rings is 1. The van der Waals surface area contributed by atoms with Gasteiger partial charge in [-0.15, -0.1) is 0 Å². The normalized spacial score (nSPS) is 18.4. The lowest BCUT2D eigenvalue weighted by atomic mass is 9.79. The number of anilines is 1. The number of rotatable bonds is 3. The average Bonchev–Trinajstić information content (AvgIpc) is 2.70. The summed E-state index contributed by atoms with van der Waals surface area (Å²) in [4.78, 5) is 12.7. The summed E-state index contributed by atoms with van der Waals surface area (Å²) in [5.74, 6) is 0.107. The Labute approximate surface area is 121 Å². The van der Waals surface area contributed by atoms with Gasteiger partial charge in [-0.05, 0) is 43.9 Å². The fourth-order valence-corrected chi connectivity index (χ4v) is 3.07. The molecule has 3 N–H and O–H groups in total. The van der Waals surface area contributed by atoms with E-state index in [1.807, 2.05) is 19.1 Å². The Kier molecular flexibility index (Phi) is 4.81. The Morgan fingerprint density at radius 1 is 1.20 bits per heavy atom. The molecule has 1 amide bonds. The minimum absolute atomic E-state index is 0.107. The predicted octanol–water partition coefficient (Wildman–Crippen LogP) is 3.54. The molecule has 1 aliphatic carbocycles. The van der Waals surface area contributed by atoms with Crippen molar-refractivity contribution in [1.29, 1.82) is 0 Å². The highest BCUT2D eigenvalue weighted by atomic mass is 16.2. The molecule has 0 unspecified atom stereocenters. The van der Waals surface area contributed by atoms with Gasteiger partial charge in [0.1, 0.15) is 0 Å². The highest BCUT2D eigenvalue weighted by Crippen LogP contribution is 2.35. The summed E-state index contributed by atoms with van der Waals surface area (Å²) in [5.41, 5.74) is 8.86. The fraction of sp³-hybridized carbons (Fsp3) is 0.588. The Bertz CT molecular complexity index is 474. The molecular formula is C17H26N2O. The molecular weight excluding hydrogens is 248 g/mol. The molecule has 20 heavy (non-hydrogen) atoms. The van der Waals surface area contributed by atoms with E-state index >= 15 is 0 Å². The fourth-order valence-electron chi connectivity index (χ4n) is 3.07. The molecule has 2 rings (SSSR count). The number of carbonyl (C=O) groups excluding carboxylic acids is 1. The van der Waals surface area contributed by atoms with Crippen LogP contribution in [0.3, 0.4) is 0 Å². The van der Waals surface area contributed by atoms with Crippen molar-refractivity contribution in [3.8, 4) is 0 Å². The van der Waals surface area contributed by atoms with Crippen molar-refractivity contribution in [1.82, 2.24) is 0 Å². The zero-order chi connectivity index (χ0) is 14.6. The second kappa shape index (κ2) is 6.40. The Balaban J connectivity index is 2.18. The topological polar surface area (TPSA) is 55.1 Å². The minimum atomic E-state index is -0.368. The number of nitrogens with one attached hydrogen (secondary N) is 1. The van der Waals surface area contributed by atoms with E-state index < -0.39 is 0 Å². The van der Waals surface area contributed by atoms with Gasteiger partial charge in [0.2, 0.25) is 5.91 Å². The van der Waals surface area contributed by atoms with Crippen molar-refractivity contribution in [2.45, 2.75) is 52.4 Å². The molecule has 0 heterocycles. The van der Waals surface area contributed by atoms with Crippen LogP contribution < -0.4 is 11.1 Å². The number of aryl methyl sites for hydroxylation is 1. The molecule has 0 saturated heterocycles. The molecule has 0 bridgehead atoms. The molecule has 0 aromatic heterocycles. The lowest BCUT2D eigenvalue weighted by Gasteiger charge is -2.30. The van der Waals surface area contributed by atoms with Crippen molar-refractivity contribution >= 4 is 11.6 Å². The lowest BCUT2D eigenvalue weighted by molar-refractivity contribution is -0.125. The van der Waals surface area contributed by atoms with E-state index in [-0.39, 0.29) is 11.3 Å². The van der Waals surface area contributed by atoms with Gasteiger partial charge >= 0.3 is 0 Å². The van der Waals surface area contributed by atoms with Gasteiger partial charge in [-0.2, -0.15) is 0 Å². The van der Waals surface area contributed by atoms with Crippen LogP contribution in [0.15, 0.2) is 18.2 Å². The summed E-state index contributed by atoms with van der Waals surface area (Å²) in [6.45, 7) is 4.56. The maximum absolute atomic E-state index is 12.7. The van der Waals surface area contributed by atoms with Crippen LogP contribution in [0.5, 0.6) is 0 Å². The van der Waals surface area contributed by atoms with Gasteiger partial charge in [-0.3, -0.25) is 4.79 Å². The highest BCUT2D eigenvalue weighted by molar-refractivity contribution is 5.96. The van der Waals surface area contributed by atoms with E-state index in [9.17, 15) is 4.79 Å². The lowest BCUT2D eigenvalue weighted by Crippen LogP contribution is -2.42. The summed E-state index contributed by atoms with van der Waals surface area (Å²) in [6.07, 6.45) is 6.49. The summed E-state index contributed by atoms with van der Waals surface area (Å²) >= 11 is 0. The van der Waals surface area contributed by atoms with E-state index in [4.69, 9.17) is 5.73 Å². The Hall–Kier alpha value is -1.35. The first-order valence-electron chi connectivity index (χ1n) is 7.67. The number of nitrogens with two attached hydrogens (primary N) is 1. The number of carbonyl (C=O) groups is 1. The zero-order valence-corrected chi connectivity index (χ0v) is 12.7. The second-order valence-electron chi connectivity index (χ2n) is 6.10. The minimum Gasteiger partial charge on any atom is -0.329 e. The van der Waals surface area contributed by atoms with Gasteiger partial charge < -0.3 is 11.1 Å². The smallest absolute Gasteiger partial charge is 0.231 e. The molecule has 1 aliphatic rings. The predicted molar refractivity (Wildman–Crippen MR) is 83.7 cm³/mol. The van der Waals surface area contributed by atoms with Crippen LogP contribution in [0.2, 0.25) is 0 Å². The van der Waals surface area contributed by atoms with Crippen molar-refractivity contribution in [2.75, 3.05) is 11.9 Å². The first-order valence-corrected chi connectivity index (χ1v) is 7.67. The van der Waals surface area contributed by atoms with Crippen molar-refractivity contribution in [3.05, 3.63) is 29.3 Å². The number of hydrogen-bond acceptors (Lipinski definition) is 2. The highest BCUT2D eigenvalue weighted by Gasteiger charge is 2.37. The Morgan fingerprint density at radius 2 is 1.85 bits per heavy atom. The van der Waals surface area contributed by atoms with E-state index in [1.165, 1.54) is 18.4 Å². The monoisotopic (exact) mass is 274 g/mol. The first-order chi connectivity index (χ1) is 9.59. The summed E-state index contributed by atoms with van der Waals surface area (Å²) in [6, 6.07) is 6.02. The van der Waals surface area contributed by atoms with E-state index in [0.717, 1.165) is 36.9 Å². The molecule has 110 valence electrons. The van der Waals surface area contributed by atoms with Gasteiger partial charge in [0.15, 0.2) is 0 Å². The second-order valence-corrected chi connectivity index (χ2v) is 6.10. The third kappa shape index (κ3) is 3.04. The van der Waals surface area contributed by atoms with Crippen LogP contribution in [0.1, 0.15) is 49.7 Å². The first kappa shape index (κ1) is 15.0. The van der Waals surface area contributed by atoms with Crippen LogP contribution in [-0.2, 0) is 4.79 Å². The van der Waals surface area contributed by atoms with Crippen LogP contribution in [0.25, 0.3) is 0 Å². The Morgan fingerprint density at radius 3 is 2.45 bits per heavy atom. The van der Waals surface area contributed by atoms with Crippen molar-refractivity contribution in [2.24, 2.45) is 11.1 Å². The molecule has 0 radical (unpaired) electrons. The summed E-state index contributed by atoms with van der Waals surface area (Å²) < 4.78 is 0. The van der Waals surface area contributed by atoms with Gasteiger partial charge in [0.05, 0.1) is 5.41 Å². The van der Waals surface area contributed by atoms with Gasteiger partial charge in [0, 0.05) is 12.2 Å². The largest absolute Gasteiger partial charge is 0.329 e. The SMILES string of the molecule is Cc1cccc(NC(=O)C2(CN)CCCCCC2)c1C. The molecule has 3 heteroatoms. The maximum atomic E-state index is 12.7. The number of amides is 1. The molecule has 0 aliphatic heterocycles. The van der Waals surface area contributed by atoms with E-state index in [1.54, 1.807) is 0 Å². The molecule has 1 aromatic carbocycles. The van der Waals surface area contributed by atoms with Crippen molar-refractivity contribution in [3.63, 3.8) is 0 Å². The maximum Gasteiger partial charge on any atom is 0.231 e. The van der Waals surface area contributed by atoms with Crippen LogP contribution >= 0.6 is 0 Å². The third-order valence-corrected chi connectivity index (χ3v) is 4.79. The van der Waals surface area contributed by atoms with Crippen LogP contribution in [0, 0.1) is 19.3 Å². The van der Waals surface area contributed by atoms with Crippen LogP contribution in [-0.4, -0.2) is 12.5 Å². The molecule has 1 aromatic rings. The molecule has 0 atom stereocenters. The standard InChI is InChI=1S/C17H26N2O/c1-13-8-7-9-15(14(13)2)19-16(20)17(12-18)10-5-3-4-6-11-17/h7-9H,3-6,10-12,18H2,1-2H3,(H,19,20). The van der Waals surface area contributed by atoms with E-state index in [0.29, 0.717) is 6.54 Å². The van der Waals surface area contributed by atoms with Crippen molar-refractivity contribution < 1.29 is 4.79 Å². The van der Waals surface area contributed by atoms with Crippen LogP contribution in [0.4, 0.5) is 5.69 Å². The molecule has 0 spiro atoms. The third-order valence-electron chi connectivity index (χ3n) is 4.79. The zero-order valence-electron chi connectivity index (χ0n) is 12.7. The average molecular weight is 274 g/mol. The molecule has 1 saturated carbocycles. The number of hydrogen-bond donors (Lipinski definition) is 2. The van der Waals surface area contributed by atoms with Gasteiger partial charge in [-0.1, -0.05) is 37.8 Å². The molecule has 1 fully saturated rings. The van der Waals surface area contributed by atoms with Gasteiger partial charge in [0.25, 0.3) is 0 Å². The summed E-state index contributed by atoms with van der Waals surface area (Å²) in [7, 11) is 0. The summed E-state index contributed by atoms with van der Waals surface area (Å²) in [5, 5.41) is 3.12. The molecule has 3 nitrogen and oxygen atoms in total. The quantitative estimate of drug-likeness (QED) is 0.828. The van der Waals surface area contributed by atoms with Gasteiger partial charge in [-0.25, -0.2) is 0 Å².